The van der Waals surface area contributed by atoms with Crippen molar-refractivity contribution < 1.29 is 4.92 Å². The highest BCUT2D eigenvalue weighted by molar-refractivity contribution is 5.60. The fourth-order valence-electron chi connectivity index (χ4n) is 2.08. The van der Waals surface area contributed by atoms with Crippen LogP contribution >= 0.6 is 0 Å². The molecule has 0 bridgehead atoms. The first-order chi connectivity index (χ1) is 8.80. The third kappa shape index (κ3) is 2.59. The Morgan fingerprint density at radius 1 is 1.42 bits per heavy atom. The highest BCUT2D eigenvalue weighted by Gasteiger charge is 2.32. The number of para-hydroxylation sites is 1. The van der Waals surface area contributed by atoms with Gasteiger partial charge in [0.1, 0.15) is 0 Å². The normalized spacial score (nSPS) is 16.6. The van der Waals surface area contributed by atoms with Crippen molar-refractivity contribution in [2.75, 3.05) is 4.90 Å². The number of nitrogens with two attached hydrogens (primary N) is 2. The number of fused-ring (bicyclic) bond motifs is 1. The second-order valence-corrected chi connectivity index (χ2v) is 5.36. The van der Waals surface area contributed by atoms with Crippen molar-refractivity contribution in [3.8, 4) is 0 Å². The summed E-state index contributed by atoms with van der Waals surface area (Å²) < 4.78 is 0. The number of benzene rings is 1. The largest absolute Gasteiger partial charge is 0.324 e. The maximum Gasteiger partial charge on any atom is 0.266 e. The van der Waals surface area contributed by atoms with Crippen LogP contribution in [0.1, 0.15) is 19.4 Å². The molecule has 1 heterocycles. The van der Waals surface area contributed by atoms with Gasteiger partial charge in [-0.25, -0.2) is 0 Å². The Morgan fingerprint density at radius 2 is 2.05 bits per heavy atom. The van der Waals surface area contributed by atoms with Crippen LogP contribution in [-0.2, 0) is 6.42 Å². The van der Waals surface area contributed by atoms with Crippen LogP contribution in [0.4, 0.5) is 5.69 Å². The zero-order valence-electron chi connectivity index (χ0n) is 11.0. The molecule has 19 heavy (non-hydrogen) atoms. The number of anilines is 1. The van der Waals surface area contributed by atoms with E-state index < -0.39 is 11.7 Å². The van der Waals surface area contributed by atoms with E-state index in [4.69, 9.17) is 11.5 Å². The minimum atomic E-state index is -0.678. The standard InChI is InChI=1S/C13H18N4O2/c1-13(2,15)12(14)16-8-10(17(18)19)7-9-5-3-4-6-11(9)16/h3-6,8,12H,7,14-15H2,1-2H3. The fourth-order valence-corrected chi connectivity index (χ4v) is 2.08. The Balaban J connectivity index is 2.48. The Hall–Kier alpha value is -1.92. The molecular formula is C13H18N4O2. The lowest BCUT2D eigenvalue weighted by atomic mass is 9.97. The molecule has 0 spiro atoms. The average molecular weight is 262 g/mol. The lowest BCUT2D eigenvalue weighted by Crippen LogP contribution is -2.59. The molecule has 1 unspecified atom stereocenters. The summed E-state index contributed by atoms with van der Waals surface area (Å²) in [4.78, 5) is 12.3. The smallest absolute Gasteiger partial charge is 0.266 e. The van der Waals surface area contributed by atoms with E-state index in [9.17, 15) is 10.1 Å². The fraction of sp³-hybridized carbons (Fsp3) is 0.385. The van der Waals surface area contributed by atoms with E-state index in [1.54, 1.807) is 18.7 Å². The summed E-state index contributed by atoms with van der Waals surface area (Å²) in [6.07, 6.45) is 1.25. The van der Waals surface area contributed by atoms with E-state index >= 15 is 0 Å². The lowest BCUT2D eigenvalue weighted by molar-refractivity contribution is -0.427. The van der Waals surface area contributed by atoms with Gasteiger partial charge in [-0.05, 0) is 25.5 Å². The van der Waals surface area contributed by atoms with Gasteiger partial charge in [-0.15, -0.1) is 0 Å². The van der Waals surface area contributed by atoms with Gasteiger partial charge in [0.05, 0.1) is 23.7 Å². The summed E-state index contributed by atoms with van der Waals surface area (Å²) in [5, 5.41) is 11.0. The molecule has 0 radical (unpaired) electrons. The van der Waals surface area contributed by atoms with E-state index in [1.807, 2.05) is 24.3 Å². The van der Waals surface area contributed by atoms with Crippen molar-refractivity contribution in [3.63, 3.8) is 0 Å². The van der Waals surface area contributed by atoms with E-state index in [0.717, 1.165) is 11.3 Å². The first-order valence-electron chi connectivity index (χ1n) is 6.06. The maximum absolute atomic E-state index is 11.0. The van der Waals surface area contributed by atoms with E-state index in [1.165, 1.54) is 6.20 Å². The summed E-state index contributed by atoms with van der Waals surface area (Å²) in [6, 6.07) is 7.51. The Morgan fingerprint density at radius 3 is 2.63 bits per heavy atom. The molecule has 4 N–H and O–H groups in total. The molecule has 1 aromatic rings. The quantitative estimate of drug-likeness (QED) is 0.629. The monoisotopic (exact) mass is 262 g/mol. The molecule has 0 aromatic heterocycles. The summed E-state index contributed by atoms with van der Waals surface area (Å²) >= 11 is 0. The Kier molecular flexibility index (Phi) is 3.30. The average Bonchev–Trinajstić information content (AvgIpc) is 2.35. The van der Waals surface area contributed by atoms with Crippen LogP contribution in [0, 0.1) is 10.1 Å². The van der Waals surface area contributed by atoms with Crippen molar-refractivity contribution in [1.82, 2.24) is 0 Å². The Bertz CT molecular complexity index is 534. The maximum atomic E-state index is 11.0. The predicted molar refractivity (Wildman–Crippen MR) is 73.9 cm³/mol. The van der Waals surface area contributed by atoms with Gasteiger partial charge < -0.3 is 16.4 Å². The van der Waals surface area contributed by atoms with Crippen molar-refractivity contribution in [3.05, 3.63) is 51.8 Å². The van der Waals surface area contributed by atoms with Gasteiger partial charge in [-0.1, -0.05) is 18.2 Å². The highest BCUT2D eigenvalue weighted by atomic mass is 16.6. The molecule has 102 valence electrons. The molecular weight excluding hydrogens is 244 g/mol. The molecule has 1 aromatic carbocycles. The molecule has 0 amide bonds. The topological polar surface area (TPSA) is 98.4 Å². The number of nitro groups is 1. The van der Waals surface area contributed by atoms with Gasteiger partial charge in [0.25, 0.3) is 5.70 Å². The summed E-state index contributed by atoms with van der Waals surface area (Å²) in [7, 11) is 0. The van der Waals surface area contributed by atoms with Gasteiger partial charge in [-0.2, -0.15) is 0 Å². The second-order valence-electron chi connectivity index (χ2n) is 5.36. The molecule has 1 atom stereocenters. The van der Waals surface area contributed by atoms with Crippen molar-refractivity contribution in [1.29, 1.82) is 0 Å². The van der Waals surface area contributed by atoms with Crippen LogP contribution in [0.5, 0.6) is 0 Å². The third-order valence-electron chi connectivity index (χ3n) is 3.23. The first kappa shape index (κ1) is 13.5. The summed E-state index contributed by atoms with van der Waals surface area (Å²) in [5.41, 5.74) is 13.4. The van der Waals surface area contributed by atoms with E-state index in [0.29, 0.717) is 6.42 Å². The predicted octanol–water partition coefficient (Wildman–Crippen LogP) is 1.19. The first-order valence-corrected chi connectivity index (χ1v) is 6.06. The van der Waals surface area contributed by atoms with Crippen molar-refractivity contribution in [2.24, 2.45) is 11.5 Å². The zero-order valence-corrected chi connectivity index (χ0v) is 11.0. The minimum Gasteiger partial charge on any atom is -0.324 e. The molecule has 0 aliphatic carbocycles. The molecule has 0 fully saturated rings. The Labute approximate surface area is 111 Å². The van der Waals surface area contributed by atoms with Crippen LogP contribution in [0.3, 0.4) is 0 Å². The molecule has 2 rings (SSSR count). The molecule has 6 heteroatoms. The molecule has 0 saturated heterocycles. The lowest BCUT2D eigenvalue weighted by Gasteiger charge is -2.38. The molecule has 0 saturated carbocycles. The van der Waals surface area contributed by atoms with Gasteiger partial charge >= 0.3 is 0 Å². The van der Waals surface area contributed by atoms with Crippen molar-refractivity contribution >= 4 is 5.69 Å². The number of nitrogens with zero attached hydrogens (tertiary/aromatic N) is 2. The van der Waals surface area contributed by atoms with E-state index in [2.05, 4.69) is 0 Å². The summed E-state index contributed by atoms with van der Waals surface area (Å²) in [5.74, 6) is 0. The van der Waals surface area contributed by atoms with Crippen LogP contribution in [-0.4, -0.2) is 16.6 Å². The van der Waals surface area contributed by atoms with Crippen LogP contribution in [0.15, 0.2) is 36.2 Å². The van der Waals surface area contributed by atoms with Crippen molar-refractivity contribution in [2.45, 2.75) is 32.0 Å². The number of allylic oxidation sites excluding steroid dienone is 1. The highest BCUT2D eigenvalue weighted by Crippen LogP contribution is 2.31. The molecule has 6 nitrogen and oxygen atoms in total. The van der Waals surface area contributed by atoms with Gasteiger partial charge in [0, 0.05) is 11.2 Å². The second kappa shape index (κ2) is 4.64. The minimum absolute atomic E-state index is 0.124. The van der Waals surface area contributed by atoms with Gasteiger partial charge in [-0.3, -0.25) is 10.1 Å². The molecule has 1 aliphatic heterocycles. The number of rotatable bonds is 3. The van der Waals surface area contributed by atoms with Gasteiger partial charge in [0.2, 0.25) is 0 Å². The van der Waals surface area contributed by atoms with Crippen LogP contribution < -0.4 is 16.4 Å². The number of hydrogen-bond acceptors (Lipinski definition) is 5. The van der Waals surface area contributed by atoms with Crippen LogP contribution in [0.25, 0.3) is 0 Å². The zero-order chi connectivity index (χ0) is 14.2. The summed E-state index contributed by atoms with van der Waals surface area (Å²) in [6.45, 7) is 3.60. The molecule has 1 aliphatic rings. The SMILES string of the molecule is CC(C)(N)C(N)N1C=C([N+](=O)[O-])Cc2ccccc21. The third-order valence-corrected chi connectivity index (χ3v) is 3.23. The number of hydrogen-bond donors (Lipinski definition) is 2. The van der Waals surface area contributed by atoms with Crippen LogP contribution in [0.2, 0.25) is 0 Å². The van der Waals surface area contributed by atoms with E-state index in [-0.39, 0.29) is 10.6 Å². The van der Waals surface area contributed by atoms with Gasteiger partial charge in [0.15, 0.2) is 0 Å².